The highest BCUT2D eigenvalue weighted by atomic mass is 15.2. The fraction of sp³-hybridized carbons (Fsp3) is 0.600. The molecule has 0 saturated heterocycles. The molecule has 1 aromatic carbocycles. The summed E-state index contributed by atoms with van der Waals surface area (Å²) in [6.07, 6.45) is 2.32. The zero-order chi connectivity index (χ0) is 12.4. The first-order valence-corrected chi connectivity index (χ1v) is 6.68. The van der Waals surface area contributed by atoms with Gasteiger partial charge in [-0.2, -0.15) is 0 Å². The molecule has 1 aliphatic heterocycles. The van der Waals surface area contributed by atoms with Crippen LogP contribution in [0.25, 0.3) is 0 Å². The van der Waals surface area contributed by atoms with Gasteiger partial charge in [-0.3, -0.25) is 0 Å². The van der Waals surface area contributed by atoms with E-state index in [1.165, 1.54) is 29.8 Å². The molecule has 0 aliphatic carbocycles. The molecular formula is C15H24N2. The van der Waals surface area contributed by atoms with Crippen LogP contribution in [0.1, 0.15) is 31.9 Å². The van der Waals surface area contributed by atoms with Crippen LogP contribution < -0.4 is 10.2 Å². The van der Waals surface area contributed by atoms with Crippen LogP contribution in [0.15, 0.2) is 18.2 Å². The van der Waals surface area contributed by atoms with Gasteiger partial charge in [-0.15, -0.1) is 0 Å². The second kappa shape index (κ2) is 5.09. The number of hydrogen-bond donors (Lipinski definition) is 1. The quantitative estimate of drug-likeness (QED) is 0.858. The van der Waals surface area contributed by atoms with Crippen LogP contribution in [0, 0.1) is 0 Å². The van der Waals surface area contributed by atoms with Gasteiger partial charge in [0, 0.05) is 24.3 Å². The number of para-hydroxylation sites is 1. The molecule has 1 unspecified atom stereocenters. The number of rotatable bonds is 4. The molecule has 2 rings (SSSR count). The molecule has 0 saturated carbocycles. The molecule has 0 spiro atoms. The van der Waals surface area contributed by atoms with Gasteiger partial charge in [0.05, 0.1) is 0 Å². The van der Waals surface area contributed by atoms with Crippen molar-refractivity contribution in [3.8, 4) is 0 Å². The monoisotopic (exact) mass is 232 g/mol. The summed E-state index contributed by atoms with van der Waals surface area (Å²) < 4.78 is 0. The molecule has 1 N–H and O–H groups in total. The highest BCUT2D eigenvalue weighted by molar-refractivity contribution is 5.64. The summed E-state index contributed by atoms with van der Waals surface area (Å²) in [6, 6.07) is 7.91. The topological polar surface area (TPSA) is 15.3 Å². The van der Waals surface area contributed by atoms with E-state index in [9.17, 15) is 0 Å². The van der Waals surface area contributed by atoms with Crippen molar-refractivity contribution in [3.63, 3.8) is 0 Å². The smallest absolute Gasteiger partial charge is 0.0435 e. The molecule has 0 bridgehead atoms. The zero-order valence-corrected chi connectivity index (χ0v) is 11.5. The van der Waals surface area contributed by atoms with Gasteiger partial charge in [-0.1, -0.05) is 18.2 Å². The molecule has 2 nitrogen and oxygen atoms in total. The summed E-state index contributed by atoms with van der Waals surface area (Å²) in [4.78, 5) is 2.55. The minimum atomic E-state index is 0.538. The van der Waals surface area contributed by atoms with Gasteiger partial charge in [0.1, 0.15) is 0 Å². The molecule has 1 heterocycles. The summed E-state index contributed by atoms with van der Waals surface area (Å²) in [5.41, 5.74) is 4.53. The highest BCUT2D eigenvalue weighted by Gasteiger charge is 2.24. The molecule has 1 atom stereocenters. The van der Waals surface area contributed by atoms with E-state index in [2.05, 4.69) is 49.2 Å². The molecule has 0 radical (unpaired) electrons. The Kier molecular flexibility index (Phi) is 3.72. The standard InChI is InChI=1S/C15H24N2/c1-11(2)17-9-8-13-6-5-7-14(15(13)17)10-12(3)16-4/h5-7,11-12,16H,8-10H2,1-4H3. The van der Waals surface area contributed by atoms with Gasteiger partial charge >= 0.3 is 0 Å². The van der Waals surface area contributed by atoms with Crippen LogP contribution in [0.5, 0.6) is 0 Å². The average Bonchev–Trinajstić information content (AvgIpc) is 2.73. The molecule has 0 aromatic heterocycles. The lowest BCUT2D eigenvalue weighted by molar-refractivity contribution is 0.606. The summed E-state index contributed by atoms with van der Waals surface area (Å²) in [6.45, 7) is 7.99. The number of nitrogens with zero attached hydrogens (tertiary/aromatic N) is 1. The number of hydrogen-bond acceptors (Lipinski definition) is 2. The summed E-state index contributed by atoms with van der Waals surface area (Å²) in [5, 5.41) is 3.33. The molecular weight excluding hydrogens is 208 g/mol. The van der Waals surface area contributed by atoms with Crippen molar-refractivity contribution in [2.24, 2.45) is 0 Å². The first-order valence-electron chi connectivity index (χ1n) is 6.68. The van der Waals surface area contributed by atoms with Gasteiger partial charge in [-0.25, -0.2) is 0 Å². The Morgan fingerprint density at radius 3 is 2.71 bits per heavy atom. The Balaban J connectivity index is 2.31. The maximum atomic E-state index is 3.33. The number of nitrogens with one attached hydrogen (secondary N) is 1. The maximum Gasteiger partial charge on any atom is 0.0435 e. The predicted octanol–water partition coefficient (Wildman–Crippen LogP) is 2.61. The maximum absolute atomic E-state index is 3.33. The Bertz CT molecular complexity index is 385. The third-order valence-corrected chi connectivity index (χ3v) is 3.75. The second-order valence-electron chi connectivity index (χ2n) is 5.36. The summed E-state index contributed by atoms with van der Waals surface area (Å²) in [5.74, 6) is 0. The van der Waals surface area contributed by atoms with Gasteiger partial charge in [0.2, 0.25) is 0 Å². The fourth-order valence-corrected chi connectivity index (χ4v) is 2.68. The Morgan fingerprint density at radius 2 is 2.06 bits per heavy atom. The van der Waals surface area contributed by atoms with Crippen LogP contribution in [-0.4, -0.2) is 25.7 Å². The molecule has 94 valence electrons. The van der Waals surface area contributed by atoms with E-state index < -0.39 is 0 Å². The van der Waals surface area contributed by atoms with E-state index in [-0.39, 0.29) is 0 Å². The van der Waals surface area contributed by atoms with Crippen LogP contribution in [-0.2, 0) is 12.8 Å². The second-order valence-corrected chi connectivity index (χ2v) is 5.36. The molecule has 17 heavy (non-hydrogen) atoms. The molecule has 0 fully saturated rings. The molecule has 1 aromatic rings. The van der Waals surface area contributed by atoms with E-state index in [0.29, 0.717) is 12.1 Å². The Morgan fingerprint density at radius 1 is 1.29 bits per heavy atom. The first-order chi connectivity index (χ1) is 8.13. The van der Waals surface area contributed by atoms with Gasteiger partial charge in [0.15, 0.2) is 0 Å². The highest BCUT2D eigenvalue weighted by Crippen LogP contribution is 2.33. The van der Waals surface area contributed by atoms with Crippen molar-refractivity contribution < 1.29 is 0 Å². The van der Waals surface area contributed by atoms with Crippen molar-refractivity contribution in [1.29, 1.82) is 0 Å². The van der Waals surface area contributed by atoms with Crippen molar-refractivity contribution in [2.45, 2.75) is 45.7 Å². The largest absolute Gasteiger partial charge is 0.368 e. The number of fused-ring (bicyclic) bond motifs is 1. The zero-order valence-electron chi connectivity index (χ0n) is 11.5. The van der Waals surface area contributed by atoms with E-state index in [0.717, 1.165) is 6.42 Å². The Hall–Kier alpha value is -1.02. The lowest BCUT2D eigenvalue weighted by Crippen LogP contribution is -2.30. The van der Waals surface area contributed by atoms with Crippen LogP contribution in [0.3, 0.4) is 0 Å². The van der Waals surface area contributed by atoms with Gasteiger partial charge in [-0.05, 0) is 51.8 Å². The van der Waals surface area contributed by atoms with Crippen LogP contribution >= 0.6 is 0 Å². The molecule has 1 aliphatic rings. The van der Waals surface area contributed by atoms with Crippen molar-refractivity contribution in [2.75, 3.05) is 18.5 Å². The van der Waals surface area contributed by atoms with Crippen LogP contribution in [0.4, 0.5) is 5.69 Å². The number of likely N-dealkylation sites (N-methyl/N-ethyl adjacent to an activating group) is 1. The van der Waals surface area contributed by atoms with E-state index in [1.54, 1.807) is 0 Å². The number of benzene rings is 1. The van der Waals surface area contributed by atoms with Gasteiger partial charge < -0.3 is 10.2 Å². The first kappa shape index (κ1) is 12.4. The lowest BCUT2D eigenvalue weighted by Gasteiger charge is -2.27. The third-order valence-electron chi connectivity index (χ3n) is 3.75. The predicted molar refractivity (Wildman–Crippen MR) is 74.9 cm³/mol. The van der Waals surface area contributed by atoms with Gasteiger partial charge in [0.25, 0.3) is 0 Å². The Labute approximate surface area is 105 Å². The SMILES string of the molecule is CNC(C)Cc1cccc2c1N(C(C)C)CC2. The van der Waals surface area contributed by atoms with E-state index in [1.807, 2.05) is 7.05 Å². The molecule has 0 amide bonds. The van der Waals surface area contributed by atoms with Crippen LogP contribution in [0.2, 0.25) is 0 Å². The van der Waals surface area contributed by atoms with Crippen molar-refractivity contribution in [1.82, 2.24) is 5.32 Å². The lowest BCUT2D eigenvalue weighted by atomic mass is 10.0. The number of anilines is 1. The van der Waals surface area contributed by atoms with Crippen molar-refractivity contribution >= 4 is 5.69 Å². The molecule has 2 heteroatoms. The fourth-order valence-electron chi connectivity index (χ4n) is 2.68. The van der Waals surface area contributed by atoms with E-state index >= 15 is 0 Å². The third kappa shape index (κ3) is 2.47. The summed E-state index contributed by atoms with van der Waals surface area (Å²) in [7, 11) is 2.04. The minimum absolute atomic E-state index is 0.538. The summed E-state index contributed by atoms with van der Waals surface area (Å²) >= 11 is 0. The average molecular weight is 232 g/mol. The van der Waals surface area contributed by atoms with Crippen molar-refractivity contribution in [3.05, 3.63) is 29.3 Å². The van der Waals surface area contributed by atoms with E-state index in [4.69, 9.17) is 0 Å². The normalized spacial score (nSPS) is 16.4. The minimum Gasteiger partial charge on any atom is -0.368 e.